The maximum atomic E-state index is 5.17. The van der Waals surface area contributed by atoms with E-state index in [2.05, 4.69) is 15.7 Å². The zero-order valence-electron chi connectivity index (χ0n) is 5.85. The van der Waals surface area contributed by atoms with Crippen LogP contribution in [-0.4, -0.2) is 19.0 Å². The summed E-state index contributed by atoms with van der Waals surface area (Å²) in [5, 5.41) is 3.14. The molecule has 2 rings (SSSR count). The maximum Gasteiger partial charge on any atom is 0.205 e. The summed E-state index contributed by atoms with van der Waals surface area (Å²) in [7, 11) is 0. The van der Waals surface area contributed by atoms with Crippen molar-refractivity contribution < 1.29 is 0 Å². The van der Waals surface area contributed by atoms with Crippen LogP contribution >= 0.6 is 0 Å². The van der Waals surface area contributed by atoms with Crippen molar-refractivity contribution in [3.63, 3.8) is 0 Å². The van der Waals surface area contributed by atoms with Crippen molar-refractivity contribution in [2.75, 3.05) is 13.1 Å². The van der Waals surface area contributed by atoms with Crippen molar-refractivity contribution in [3.05, 3.63) is 0 Å². The molecule has 0 saturated heterocycles. The summed E-state index contributed by atoms with van der Waals surface area (Å²) in [6.45, 7) is 1.98. The van der Waals surface area contributed by atoms with E-state index in [-0.39, 0.29) is 0 Å². The second-order valence-corrected chi connectivity index (χ2v) is 3.16. The van der Waals surface area contributed by atoms with E-state index in [1.165, 1.54) is 12.8 Å². The Labute approximate surface area is 59.9 Å². The van der Waals surface area contributed by atoms with Gasteiger partial charge in [-0.2, -0.15) is 0 Å². The first-order chi connectivity index (χ1) is 4.85. The monoisotopic (exact) mass is 140 g/mol. The van der Waals surface area contributed by atoms with Crippen LogP contribution in [0, 0.1) is 5.41 Å². The van der Waals surface area contributed by atoms with Crippen LogP contribution < -0.4 is 16.6 Å². The van der Waals surface area contributed by atoms with Gasteiger partial charge in [0, 0.05) is 12.0 Å². The average Bonchev–Trinajstić information content (AvgIpc) is 2.72. The van der Waals surface area contributed by atoms with Crippen LogP contribution in [0.4, 0.5) is 0 Å². The van der Waals surface area contributed by atoms with Gasteiger partial charge in [0.1, 0.15) is 0 Å². The van der Waals surface area contributed by atoms with Crippen LogP contribution in [0.25, 0.3) is 0 Å². The standard InChI is InChI=1S/C6H12N4/c7-10-5-8-3-6(1-2-6)4-9-5/h1-4,7H2,(H2,8,9,10). The highest BCUT2D eigenvalue weighted by Crippen LogP contribution is 2.45. The fourth-order valence-corrected chi connectivity index (χ4v) is 1.24. The molecule has 0 amide bonds. The first kappa shape index (κ1) is 5.97. The molecular formula is C6H12N4. The van der Waals surface area contributed by atoms with Crippen LogP contribution in [-0.2, 0) is 0 Å². The van der Waals surface area contributed by atoms with Gasteiger partial charge in [-0.25, -0.2) is 5.84 Å². The predicted molar refractivity (Wildman–Crippen MR) is 39.3 cm³/mol. The lowest BCUT2D eigenvalue weighted by atomic mass is 10.1. The number of nitrogens with zero attached hydrogens (tertiary/aromatic N) is 1. The smallest absolute Gasteiger partial charge is 0.205 e. The average molecular weight is 140 g/mol. The number of aliphatic imine (C=N–C) groups is 1. The second-order valence-electron chi connectivity index (χ2n) is 3.16. The Kier molecular flexibility index (Phi) is 1.11. The first-order valence-corrected chi connectivity index (χ1v) is 3.60. The molecule has 1 aliphatic heterocycles. The number of hydrogen-bond acceptors (Lipinski definition) is 4. The van der Waals surface area contributed by atoms with Crippen LogP contribution in [0.5, 0.6) is 0 Å². The van der Waals surface area contributed by atoms with Crippen LogP contribution in [0.1, 0.15) is 12.8 Å². The SMILES string of the molecule is NNC1=NCC2(CC2)CN1. The molecule has 1 fully saturated rings. The molecule has 0 unspecified atom stereocenters. The summed E-state index contributed by atoms with van der Waals surface area (Å²) in [6, 6.07) is 0. The number of hydrogen-bond donors (Lipinski definition) is 3. The van der Waals surface area contributed by atoms with E-state index in [0.29, 0.717) is 5.41 Å². The molecule has 1 spiro atoms. The van der Waals surface area contributed by atoms with Gasteiger partial charge in [-0.05, 0) is 12.8 Å². The molecule has 56 valence electrons. The first-order valence-electron chi connectivity index (χ1n) is 3.60. The lowest BCUT2D eigenvalue weighted by Crippen LogP contribution is -2.47. The summed E-state index contributed by atoms with van der Waals surface area (Å²) < 4.78 is 0. The molecule has 0 aromatic heterocycles. The lowest BCUT2D eigenvalue weighted by molar-refractivity contribution is 0.483. The Hall–Kier alpha value is -0.770. The summed E-state index contributed by atoms with van der Waals surface area (Å²) in [4.78, 5) is 4.23. The number of nitrogens with two attached hydrogens (primary N) is 1. The minimum Gasteiger partial charge on any atom is -0.355 e. The van der Waals surface area contributed by atoms with Crippen LogP contribution in [0.2, 0.25) is 0 Å². The summed E-state index contributed by atoms with van der Waals surface area (Å²) in [6.07, 6.45) is 2.64. The minimum atomic E-state index is 0.514. The van der Waals surface area contributed by atoms with Crippen molar-refractivity contribution in [1.82, 2.24) is 10.7 Å². The van der Waals surface area contributed by atoms with Gasteiger partial charge in [0.15, 0.2) is 0 Å². The summed E-state index contributed by atoms with van der Waals surface area (Å²) in [5.74, 6) is 5.90. The number of hydrazine groups is 1. The molecule has 4 nitrogen and oxygen atoms in total. The molecule has 0 aromatic carbocycles. The van der Waals surface area contributed by atoms with E-state index < -0.39 is 0 Å². The topological polar surface area (TPSA) is 62.4 Å². The third-order valence-electron chi connectivity index (χ3n) is 2.30. The highest BCUT2D eigenvalue weighted by molar-refractivity contribution is 5.79. The van der Waals surface area contributed by atoms with Gasteiger partial charge in [0.25, 0.3) is 0 Å². The largest absolute Gasteiger partial charge is 0.355 e. The summed E-state index contributed by atoms with van der Waals surface area (Å²) >= 11 is 0. The fourth-order valence-electron chi connectivity index (χ4n) is 1.24. The Morgan fingerprint density at radius 1 is 1.60 bits per heavy atom. The molecular weight excluding hydrogens is 128 g/mol. The molecule has 1 aliphatic carbocycles. The van der Waals surface area contributed by atoms with Gasteiger partial charge < -0.3 is 5.32 Å². The van der Waals surface area contributed by atoms with Gasteiger partial charge >= 0.3 is 0 Å². The Morgan fingerprint density at radius 2 is 2.40 bits per heavy atom. The third-order valence-corrected chi connectivity index (χ3v) is 2.30. The molecule has 1 saturated carbocycles. The second kappa shape index (κ2) is 1.85. The van der Waals surface area contributed by atoms with Gasteiger partial charge in [0.2, 0.25) is 5.96 Å². The van der Waals surface area contributed by atoms with Crippen molar-refractivity contribution in [2.24, 2.45) is 16.3 Å². The minimum absolute atomic E-state index is 0.514. The maximum absolute atomic E-state index is 5.17. The van der Waals surface area contributed by atoms with Crippen molar-refractivity contribution in [1.29, 1.82) is 0 Å². The van der Waals surface area contributed by atoms with Crippen LogP contribution in [0.3, 0.4) is 0 Å². The van der Waals surface area contributed by atoms with E-state index in [1.54, 1.807) is 0 Å². The molecule has 0 bridgehead atoms. The number of rotatable bonds is 0. The third kappa shape index (κ3) is 0.844. The summed E-state index contributed by atoms with van der Waals surface area (Å²) in [5.41, 5.74) is 3.02. The zero-order valence-corrected chi connectivity index (χ0v) is 5.85. The lowest BCUT2D eigenvalue weighted by Gasteiger charge is -2.21. The molecule has 0 radical (unpaired) electrons. The molecule has 1 heterocycles. The van der Waals surface area contributed by atoms with Gasteiger partial charge in [-0.15, -0.1) is 0 Å². The van der Waals surface area contributed by atoms with Crippen molar-refractivity contribution in [3.8, 4) is 0 Å². The van der Waals surface area contributed by atoms with Gasteiger partial charge in [0.05, 0.1) is 6.54 Å². The van der Waals surface area contributed by atoms with E-state index in [9.17, 15) is 0 Å². The zero-order chi connectivity index (χ0) is 7.03. The quantitative estimate of drug-likeness (QED) is 0.304. The Bertz CT molecular complexity index is 171. The highest BCUT2D eigenvalue weighted by atomic mass is 15.3. The molecule has 2 aliphatic rings. The number of guanidine groups is 1. The van der Waals surface area contributed by atoms with Crippen LogP contribution in [0.15, 0.2) is 4.99 Å². The molecule has 4 N–H and O–H groups in total. The predicted octanol–water partition coefficient (Wildman–Crippen LogP) is -0.811. The van der Waals surface area contributed by atoms with E-state index in [1.807, 2.05) is 0 Å². The highest BCUT2D eigenvalue weighted by Gasteiger charge is 2.43. The molecule has 4 heteroatoms. The molecule has 10 heavy (non-hydrogen) atoms. The van der Waals surface area contributed by atoms with Gasteiger partial charge in [-0.3, -0.25) is 10.4 Å². The van der Waals surface area contributed by atoms with E-state index in [4.69, 9.17) is 5.84 Å². The Morgan fingerprint density at radius 3 is 2.80 bits per heavy atom. The van der Waals surface area contributed by atoms with E-state index >= 15 is 0 Å². The van der Waals surface area contributed by atoms with Gasteiger partial charge in [-0.1, -0.05) is 0 Å². The van der Waals surface area contributed by atoms with E-state index in [0.717, 1.165) is 19.0 Å². The normalized spacial score (nSPS) is 27.1. The fraction of sp³-hybridized carbons (Fsp3) is 0.833. The van der Waals surface area contributed by atoms with Crippen molar-refractivity contribution in [2.45, 2.75) is 12.8 Å². The number of nitrogens with one attached hydrogen (secondary N) is 2. The molecule has 0 atom stereocenters. The Balaban J connectivity index is 2.00. The molecule has 0 aromatic rings. The van der Waals surface area contributed by atoms with Crippen molar-refractivity contribution >= 4 is 5.96 Å².